The van der Waals surface area contributed by atoms with E-state index in [2.05, 4.69) is 32.9 Å². The lowest BCUT2D eigenvalue weighted by atomic mass is 10.0. The Labute approximate surface area is 380 Å². The smallest absolute Gasteiger partial charge is 0.306 e. The molecular weight excluding hydrogens is 757 g/mol. The van der Waals surface area contributed by atoms with Gasteiger partial charge in [-0.3, -0.25) is 14.4 Å². The van der Waals surface area contributed by atoms with Gasteiger partial charge in [-0.25, -0.2) is 0 Å². The Morgan fingerprint density at radius 1 is 0.311 bits per heavy atom. The Bertz CT molecular complexity index is 947. The van der Waals surface area contributed by atoms with Gasteiger partial charge in [0, 0.05) is 19.3 Å². The second kappa shape index (κ2) is 50.8. The normalized spacial score (nSPS) is 12.0. The number of hydrogen-bond donors (Lipinski definition) is 0. The van der Waals surface area contributed by atoms with Gasteiger partial charge in [0.05, 0.1) is 0 Å². The van der Waals surface area contributed by atoms with E-state index in [0.29, 0.717) is 19.3 Å². The zero-order chi connectivity index (χ0) is 44.4. The van der Waals surface area contributed by atoms with Crippen molar-refractivity contribution in [1.29, 1.82) is 0 Å². The van der Waals surface area contributed by atoms with Crippen molar-refractivity contribution in [2.75, 3.05) is 13.2 Å². The number of hydrogen-bond acceptors (Lipinski definition) is 6. The van der Waals surface area contributed by atoms with Gasteiger partial charge in [0.1, 0.15) is 13.2 Å². The van der Waals surface area contributed by atoms with Gasteiger partial charge in [-0.1, -0.05) is 251 Å². The molecule has 360 valence electrons. The highest BCUT2D eigenvalue weighted by Gasteiger charge is 2.19. The number of unbranched alkanes of at least 4 members (excludes halogenated alkanes) is 37. The van der Waals surface area contributed by atoms with Gasteiger partial charge in [0.2, 0.25) is 0 Å². The Balaban J connectivity index is 4.14. The van der Waals surface area contributed by atoms with Crippen molar-refractivity contribution in [1.82, 2.24) is 0 Å². The molecule has 0 aromatic heterocycles. The molecule has 0 aromatic rings. The van der Waals surface area contributed by atoms with Crippen molar-refractivity contribution in [2.24, 2.45) is 0 Å². The van der Waals surface area contributed by atoms with E-state index in [-0.39, 0.29) is 31.1 Å². The molecule has 0 saturated heterocycles. The molecule has 0 aliphatic heterocycles. The molecule has 0 amide bonds. The first kappa shape index (κ1) is 59.1. The van der Waals surface area contributed by atoms with Crippen LogP contribution in [0.1, 0.15) is 303 Å². The van der Waals surface area contributed by atoms with Crippen LogP contribution in [0.4, 0.5) is 0 Å². The fourth-order valence-corrected chi connectivity index (χ4v) is 8.14. The van der Waals surface area contributed by atoms with E-state index in [1.165, 1.54) is 199 Å². The monoisotopic (exact) mass is 861 g/mol. The highest BCUT2D eigenvalue weighted by atomic mass is 16.6. The summed E-state index contributed by atoms with van der Waals surface area (Å²) in [4.78, 5) is 37.8. The molecule has 0 radical (unpaired) electrons. The third-order valence-corrected chi connectivity index (χ3v) is 12.3. The fraction of sp³-hybridized carbons (Fsp3) is 0.909. The van der Waals surface area contributed by atoms with Crippen molar-refractivity contribution in [3.8, 4) is 0 Å². The SMILES string of the molecule is CCCCCC/C=C\CCCCCCCC(=O)OC(COC(=O)CCCCCCCCCC)COC(=O)CCCCCCCCCCCCCCCCCCCCCCCC. The van der Waals surface area contributed by atoms with Crippen LogP contribution in [0.15, 0.2) is 12.2 Å². The summed E-state index contributed by atoms with van der Waals surface area (Å²) in [5.74, 6) is -0.865. The summed E-state index contributed by atoms with van der Waals surface area (Å²) in [6.07, 6.45) is 56.5. The van der Waals surface area contributed by atoms with Gasteiger partial charge < -0.3 is 14.2 Å². The van der Waals surface area contributed by atoms with E-state index in [0.717, 1.165) is 64.2 Å². The third kappa shape index (κ3) is 49.0. The molecule has 0 saturated carbocycles. The average Bonchev–Trinajstić information content (AvgIpc) is 3.26. The maximum Gasteiger partial charge on any atom is 0.306 e. The van der Waals surface area contributed by atoms with Crippen LogP contribution >= 0.6 is 0 Å². The highest BCUT2D eigenvalue weighted by Crippen LogP contribution is 2.17. The van der Waals surface area contributed by atoms with Gasteiger partial charge in [0.15, 0.2) is 6.10 Å². The van der Waals surface area contributed by atoms with Crippen LogP contribution in [0.25, 0.3) is 0 Å². The topological polar surface area (TPSA) is 78.9 Å². The van der Waals surface area contributed by atoms with E-state index in [1.807, 2.05) is 0 Å². The molecule has 6 nitrogen and oxygen atoms in total. The number of ether oxygens (including phenoxy) is 3. The number of allylic oxidation sites excluding steroid dienone is 2. The largest absolute Gasteiger partial charge is 0.462 e. The molecule has 0 N–H and O–H groups in total. The summed E-state index contributed by atoms with van der Waals surface area (Å²) < 4.78 is 16.8. The molecule has 0 spiro atoms. The molecule has 1 atom stereocenters. The predicted octanol–water partition coefficient (Wildman–Crippen LogP) is 17.8. The maximum absolute atomic E-state index is 12.7. The van der Waals surface area contributed by atoms with Crippen molar-refractivity contribution >= 4 is 17.9 Å². The third-order valence-electron chi connectivity index (χ3n) is 12.3. The number of carbonyl (C=O) groups is 3. The molecular formula is C55H104O6. The molecule has 0 aromatic carbocycles. The number of esters is 3. The summed E-state index contributed by atoms with van der Waals surface area (Å²) in [6.45, 7) is 6.63. The summed E-state index contributed by atoms with van der Waals surface area (Å²) in [7, 11) is 0. The first-order valence-electron chi connectivity index (χ1n) is 27.2. The van der Waals surface area contributed by atoms with Crippen molar-refractivity contribution in [3.63, 3.8) is 0 Å². The van der Waals surface area contributed by atoms with E-state index in [4.69, 9.17) is 14.2 Å². The lowest BCUT2D eigenvalue weighted by molar-refractivity contribution is -0.167. The second-order valence-electron chi connectivity index (χ2n) is 18.5. The van der Waals surface area contributed by atoms with Gasteiger partial charge in [0.25, 0.3) is 0 Å². The Morgan fingerprint density at radius 2 is 0.541 bits per heavy atom. The number of rotatable bonds is 50. The van der Waals surface area contributed by atoms with Crippen LogP contribution < -0.4 is 0 Å². The summed E-state index contributed by atoms with van der Waals surface area (Å²) in [5, 5.41) is 0. The quantitative estimate of drug-likeness (QED) is 0.0262. The Kier molecular flexibility index (Phi) is 49.3. The van der Waals surface area contributed by atoms with Gasteiger partial charge >= 0.3 is 17.9 Å². The van der Waals surface area contributed by atoms with Crippen LogP contribution in [-0.2, 0) is 28.6 Å². The second-order valence-corrected chi connectivity index (χ2v) is 18.5. The molecule has 0 bridgehead atoms. The standard InChI is InChI=1S/C55H104O6/c1-4-7-10-13-16-19-21-23-24-25-26-27-28-29-30-31-33-34-36-39-42-45-48-54(57)60-51-52(50-59-53(56)47-44-41-38-18-15-12-9-6-3)61-55(58)49-46-43-40-37-35-32-22-20-17-14-11-8-5-2/h20,22,52H,4-19,21,23-51H2,1-3H3/b22-20-. The first-order chi connectivity index (χ1) is 30.0. The highest BCUT2D eigenvalue weighted by molar-refractivity contribution is 5.71. The minimum Gasteiger partial charge on any atom is -0.462 e. The summed E-state index contributed by atoms with van der Waals surface area (Å²) in [6, 6.07) is 0. The molecule has 61 heavy (non-hydrogen) atoms. The summed E-state index contributed by atoms with van der Waals surface area (Å²) >= 11 is 0. The first-order valence-corrected chi connectivity index (χ1v) is 27.2. The maximum atomic E-state index is 12.7. The molecule has 0 heterocycles. The summed E-state index contributed by atoms with van der Waals surface area (Å²) in [5.41, 5.74) is 0. The lowest BCUT2D eigenvalue weighted by Crippen LogP contribution is -2.30. The minimum absolute atomic E-state index is 0.0684. The van der Waals surface area contributed by atoms with E-state index >= 15 is 0 Å². The van der Waals surface area contributed by atoms with Crippen molar-refractivity contribution in [3.05, 3.63) is 12.2 Å². The van der Waals surface area contributed by atoms with Gasteiger partial charge in [-0.15, -0.1) is 0 Å². The van der Waals surface area contributed by atoms with Crippen molar-refractivity contribution in [2.45, 2.75) is 309 Å². The molecule has 0 rings (SSSR count). The number of carbonyl (C=O) groups excluding carboxylic acids is 3. The molecule has 6 heteroatoms. The van der Waals surface area contributed by atoms with Crippen LogP contribution in [-0.4, -0.2) is 37.2 Å². The fourth-order valence-electron chi connectivity index (χ4n) is 8.14. The van der Waals surface area contributed by atoms with E-state index < -0.39 is 6.10 Å². The lowest BCUT2D eigenvalue weighted by Gasteiger charge is -2.18. The average molecular weight is 861 g/mol. The van der Waals surface area contributed by atoms with Gasteiger partial charge in [-0.05, 0) is 44.9 Å². The predicted molar refractivity (Wildman–Crippen MR) is 261 cm³/mol. The Morgan fingerprint density at radius 3 is 0.836 bits per heavy atom. The zero-order valence-electron chi connectivity index (χ0n) is 41.2. The zero-order valence-corrected chi connectivity index (χ0v) is 41.2. The van der Waals surface area contributed by atoms with Crippen molar-refractivity contribution < 1.29 is 28.6 Å². The van der Waals surface area contributed by atoms with Crippen LogP contribution in [0.3, 0.4) is 0 Å². The molecule has 1 unspecified atom stereocenters. The van der Waals surface area contributed by atoms with E-state index in [1.54, 1.807) is 0 Å². The Hall–Kier alpha value is -1.85. The molecule has 0 aliphatic rings. The molecule has 0 aliphatic carbocycles. The van der Waals surface area contributed by atoms with E-state index in [9.17, 15) is 14.4 Å². The molecule has 0 fully saturated rings. The van der Waals surface area contributed by atoms with Gasteiger partial charge in [-0.2, -0.15) is 0 Å². The van der Waals surface area contributed by atoms with Crippen LogP contribution in [0, 0.1) is 0 Å². The minimum atomic E-state index is -0.766. The van der Waals surface area contributed by atoms with Crippen LogP contribution in [0.5, 0.6) is 0 Å². The van der Waals surface area contributed by atoms with Crippen LogP contribution in [0.2, 0.25) is 0 Å².